The molecule has 128 valence electrons. The van der Waals surface area contributed by atoms with Gasteiger partial charge in [0.05, 0.1) is 11.7 Å². The van der Waals surface area contributed by atoms with Crippen molar-refractivity contribution in [2.45, 2.75) is 59.6 Å². The number of ether oxygens (including phenoxy) is 1. The van der Waals surface area contributed by atoms with E-state index in [1.165, 1.54) is 11.1 Å². The van der Waals surface area contributed by atoms with E-state index in [9.17, 15) is 4.79 Å². The van der Waals surface area contributed by atoms with Gasteiger partial charge in [-0.3, -0.25) is 0 Å². The minimum atomic E-state index is -0.0374. The first-order valence-corrected chi connectivity index (χ1v) is 8.54. The first-order valence-electron chi connectivity index (χ1n) is 7.75. The van der Waals surface area contributed by atoms with E-state index in [0.717, 1.165) is 47.3 Å². The molecule has 0 N–H and O–H groups in total. The summed E-state index contributed by atoms with van der Waals surface area (Å²) in [6.07, 6.45) is 7.29. The Hall–Kier alpha value is -1.20. The second-order valence-corrected chi connectivity index (χ2v) is 6.34. The number of methoxy groups -OCH3 is 1. The summed E-state index contributed by atoms with van der Waals surface area (Å²) in [5.74, 6) is 0. The molecule has 0 saturated carbocycles. The molecule has 2 rings (SSSR count). The van der Waals surface area contributed by atoms with Gasteiger partial charge in [-0.25, -0.2) is 4.68 Å². The lowest BCUT2D eigenvalue weighted by molar-refractivity contribution is -0.107. The Labute approximate surface area is 147 Å². The number of carbonyl (C=O) groups is 1. The van der Waals surface area contributed by atoms with Gasteiger partial charge in [-0.05, 0) is 59.3 Å². The Bertz CT molecular complexity index is 652. The third-order valence-electron chi connectivity index (χ3n) is 4.03. The van der Waals surface area contributed by atoms with Crippen molar-refractivity contribution in [1.82, 2.24) is 9.78 Å². The standard InChI is InChI=1S/C17H23BrN2O2.CH4/c1-4-5-8-16(22-3)20-15-10-12(2)13(7-6-9-21)17(18)14(15)11-19-20;/h9-11,16H,4-8H2,1-3H3;1H4. The molecule has 0 fully saturated rings. The van der Waals surface area contributed by atoms with Gasteiger partial charge in [0.2, 0.25) is 0 Å². The van der Waals surface area contributed by atoms with Gasteiger partial charge in [-0.1, -0.05) is 20.8 Å². The maximum Gasteiger partial charge on any atom is 0.150 e. The van der Waals surface area contributed by atoms with Crippen molar-refractivity contribution in [3.05, 3.63) is 27.9 Å². The van der Waals surface area contributed by atoms with Gasteiger partial charge in [0.25, 0.3) is 0 Å². The Morgan fingerprint density at radius 1 is 1.48 bits per heavy atom. The summed E-state index contributed by atoms with van der Waals surface area (Å²) < 4.78 is 8.63. The molecule has 0 spiro atoms. The van der Waals surface area contributed by atoms with Gasteiger partial charge in [0, 0.05) is 23.4 Å². The number of rotatable bonds is 8. The SMILES string of the molecule is C.CCCCC(OC)n1ncc2c(Br)c(CCC=O)c(C)cc21. The topological polar surface area (TPSA) is 44.1 Å². The van der Waals surface area contributed by atoms with E-state index in [2.05, 4.69) is 40.9 Å². The largest absolute Gasteiger partial charge is 0.360 e. The predicted octanol–water partition coefficient (Wildman–Crippen LogP) is 5.21. The van der Waals surface area contributed by atoms with E-state index in [1.807, 2.05) is 10.9 Å². The zero-order valence-corrected chi connectivity index (χ0v) is 15.0. The molecule has 0 aliphatic heterocycles. The number of aromatic nitrogens is 2. The van der Waals surface area contributed by atoms with Crippen molar-refractivity contribution in [3.63, 3.8) is 0 Å². The summed E-state index contributed by atoms with van der Waals surface area (Å²) in [6, 6.07) is 2.14. The average Bonchev–Trinajstić information content (AvgIpc) is 2.92. The lowest BCUT2D eigenvalue weighted by Gasteiger charge is -2.17. The number of halogens is 1. The highest BCUT2D eigenvalue weighted by Crippen LogP contribution is 2.33. The Morgan fingerprint density at radius 2 is 2.22 bits per heavy atom. The van der Waals surface area contributed by atoms with Gasteiger partial charge in [0.15, 0.2) is 0 Å². The van der Waals surface area contributed by atoms with E-state index >= 15 is 0 Å². The quantitative estimate of drug-likeness (QED) is 0.588. The van der Waals surface area contributed by atoms with Crippen molar-refractivity contribution < 1.29 is 9.53 Å². The molecular weight excluding hydrogens is 356 g/mol. The molecule has 0 radical (unpaired) electrons. The smallest absolute Gasteiger partial charge is 0.150 e. The number of aldehydes is 1. The van der Waals surface area contributed by atoms with Crippen LogP contribution in [0.2, 0.25) is 0 Å². The molecule has 1 aromatic heterocycles. The van der Waals surface area contributed by atoms with Crippen LogP contribution in [0.3, 0.4) is 0 Å². The van der Waals surface area contributed by atoms with Crippen LogP contribution < -0.4 is 0 Å². The van der Waals surface area contributed by atoms with Crippen LogP contribution in [0.4, 0.5) is 0 Å². The van der Waals surface area contributed by atoms with E-state index in [-0.39, 0.29) is 13.7 Å². The van der Waals surface area contributed by atoms with Crippen LogP contribution >= 0.6 is 15.9 Å². The van der Waals surface area contributed by atoms with Crippen LogP contribution in [0.1, 0.15) is 57.4 Å². The summed E-state index contributed by atoms with van der Waals surface area (Å²) in [6.45, 7) is 4.25. The highest BCUT2D eigenvalue weighted by Gasteiger charge is 2.17. The van der Waals surface area contributed by atoms with E-state index in [0.29, 0.717) is 6.42 Å². The van der Waals surface area contributed by atoms with Gasteiger partial charge in [-0.2, -0.15) is 5.10 Å². The molecule has 1 heterocycles. The summed E-state index contributed by atoms with van der Waals surface area (Å²) in [5, 5.41) is 5.61. The van der Waals surface area contributed by atoms with Crippen LogP contribution in [0.5, 0.6) is 0 Å². The van der Waals surface area contributed by atoms with Crippen molar-refractivity contribution in [2.75, 3.05) is 7.11 Å². The highest BCUT2D eigenvalue weighted by molar-refractivity contribution is 9.10. The lowest BCUT2D eigenvalue weighted by Crippen LogP contribution is -2.12. The zero-order valence-electron chi connectivity index (χ0n) is 13.4. The average molecular weight is 383 g/mol. The van der Waals surface area contributed by atoms with Crippen LogP contribution in [0, 0.1) is 6.92 Å². The van der Waals surface area contributed by atoms with Crippen molar-refractivity contribution in [3.8, 4) is 0 Å². The minimum absolute atomic E-state index is 0. The van der Waals surface area contributed by atoms with Crippen LogP contribution in [0.15, 0.2) is 16.7 Å². The Kier molecular flexibility index (Phi) is 7.92. The molecule has 23 heavy (non-hydrogen) atoms. The van der Waals surface area contributed by atoms with Crippen LogP contribution in [0.25, 0.3) is 10.9 Å². The molecule has 1 aromatic carbocycles. The number of fused-ring (bicyclic) bond motifs is 1. The van der Waals surface area contributed by atoms with Gasteiger partial charge in [0.1, 0.15) is 12.5 Å². The van der Waals surface area contributed by atoms with Gasteiger partial charge < -0.3 is 9.53 Å². The molecule has 4 nitrogen and oxygen atoms in total. The third kappa shape index (κ3) is 4.21. The first-order chi connectivity index (χ1) is 10.6. The Morgan fingerprint density at radius 3 is 2.83 bits per heavy atom. The number of hydrogen-bond acceptors (Lipinski definition) is 3. The second kappa shape index (κ2) is 9.18. The number of carbonyl (C=O) groups excluding carboxylic acids is 1. The second-order valence-electron chi connectivity index (χ2n) is 5.55. The molecule has 0 amide bonds. The molecule has 0 aliphatic carbocycles. The molecule has 1 atom stereocenters. The fraction of sp³-hybridized carbons (Fsp3) is 0.556. The summed E-state index contributed by atoms with van der Waals surface area (Å²) in [5.41, 5.74) is 3.43. The molecule has 0 aliphatic rings. The van der Waals surface area contributed by atoms with Crippen molar-refractivity contribution in [1.29, 1.82) is 0 Å². The van der Waals surface area contributed by atoms with E-state index in [4.69, 9.17) is 4.74 Å². The van der Waals surface area contributed by atoms with E-state index < -0.39 is 0 Å². The molecular formula is C18H27BrN2O2. The highest BCUT2D eigenvalue weighted by atomic mass is 79.9. The number of benzene rings is 1. The molecule has 2 aromatic rings. The van der Waals surface area contributed by atoms with Crippen molar-refractivity contribution in [2.24, 2.45) is 0 Å². The number of unbranched alkanes of at least 4 members (excludes halogenated alkanes) is 1. The normalized spacial score (nSPS) is 12.2. The van der Waals surface area contributed by atoms with Gasteiger partial charge in [-0.15, -0.1) is 0 Å². The monoisotopic (exact) mass is 382 g/mol. The predicted molar refractivity (Wildman–Crippen MR) is 98.9 cm³/mol. The maximum absolute atomic E-state index is 10.6. The minimum Gasteiger partial charge on any atom is -0.360 e. The van der Waals surface area contributed by atoms with E-state index in [1.54, 1.807) is 7.11 Å². The van der Waals surface area contributed by atoms with Crippen LogP contribution in [-0.4, -0.2) is 23.2 Å². The maximum atomic E-state index is 10.6. The zero-order chi connectivity index (χ0) is 16.1. The number of hydrogen-bond donors (Lipinski definition) is 0. The fourth-order valence-electron chi connectivity index (χ4n) is 2.77. The summed E-state index contributed by atoms with van der Waals surface area (Å²) >= 11 is 3.69. The molecule has 0 saturated heterocycles. The van der Waals surface area contributed by atoms with Crippen molar-refractivity contribution >= 4 is 33.1 Å². The molecule has 5 heteroatoms. The van der Waals surface area contributed by atoms with Crippen LogP contribution in [-0.2, 0) is 16.0 Å². The summed E-state index contributed by atoms with van der Waals surface area (Å²) in [7, 11) is 1.73. The Balaban J connectivity index is 0.00000264. The number of nitrogens with zero attached hydrogens (tertiary/aromatic N) is 2. The molecule has 1 unspecified atom stereocenters. The molecule has 0 bridgehead atoms. The van der Waals surface area contributed by atoms with Gasteiger partial charge >= 0.3 is 0 Å². The first kappa shape index (κ1) is 19.8. The summed E-state index contributed by atoms with van der Waals surface area (Å²) in [4.78, 5) is 10.6. The number of aryl methyl sites for hydroxylation is 1. The lowest BCUT2D eigenvalue weighted by atomic mass is 10.0. The fourth-order valence-corrected chi connectivity index (χ4v) is 3.59. The third-order valence-corrected chi connectivity index (χ3v) is 4.93.